The number of aryl methyl sites for hydroxylation is 1. The molecule has 1 aromatic rings. The summed E-state index contributed by atoms with van der Waals surface area (Å²) in [4.78, 5) is 0. The Bertz CT molecular complexity index is 356. The smallest absolute Gasteiger partial charge is 0.0723 e. The topological polar surface area (TPSA) is 21.3 Å². The molecule has 2 nitrogen and oxygen atoms in total. The van der Waals surface area contributed by atoms with Crippen LogP contribution in [0.25, 0.3) is 0 Å². The molecule has 0 aliphatic heterocycles. The number of benzene rings is 1. The largest absolute Gasteiger partial charge is 0.374 e. The molecule has 0 amide bonds. The summed E-state index contributed by atoms with van der Waals surface area (Å²) in [6.45, 7) is 6.18. The van der Waals surface area contributed by atoms with Crippen molar-refractivity contribution in [2.45, 2.75) is 58.3 Å². The van der Waals surface area contributed by atoms with Gasteiger partial charge < -0.3 is 10.1 Å². The van der Waals surface area contributed by atoms with E-state index in [1.54, 1.807) is 0 Å². The van der Waals surface area contributed by atoms with Crippen molar-refractivity contribution in [3.05, 3.63) is 35.4 Å². The van der Waals surface area contributed by atoms with Crippen LogP contribution in [0.4, 0.5) is 0 Å². The second kappa shape index (κ2) is 6.91. The van der Waals surface area contributed by atoms with E-state index in [-0.39, 0.29) is 0 Å². The first kappa shape index (κ1) is 13.6. The third kappa shape index (κ3) is 3.82. The monoisotopic (exact) mass is 247 g/mol. The van der Waals surface area contributed by atoms with Gasteiger partial charge >= 0.3 is 0 Å². The molecule has 1 saturated carbocycles. The molecule has 1 aliphatic rings. The van der Waals surface area contributed by atoms with Crippen molar-refractivity contribution >= 4 is 0 Å². The van der Waals surface area contributed by atoms with Crippen molar-refractivity contribution in [2.24, 2.45) is 0 Å². The summed E-state index contributed by atoms with van der Waals surface area (Å²) >= 11 is 0. The van der Waals surface area contributed by atoms with Crippen molar-refractivity contribution < 1.29 is 4.74 Å². The van der Waals surface area contributed by atoms with Crippen molar-refractivity contribution in [1.82, 2.24) is 5.32 Å². The van der Waals surface area contributed by atoms with Crippen LogP contribution in [0.5, 0.6) is 0 Å². The molecule has 100 valence electrons. The molecule has 1 fully saturated rings. The Labute approximate surface area is 111 Å². The SMILES string of the molecule is CCNC1CCC(OCc2ccccc2C)CC1. The molecular formula is C16H25NO. The maximum atomic E-state index is 6.05. The van der Waals surface area contributed by atoms with Gasteiger partial charge in [-0.2, -0.15) is 0 Å². The minimum Gasteiger partial charge on any atom is -0.374 e. The Morgan fingerprint density at radius 2 is 1.89 bits per heavy atom. The van der Waals surface area contributed by atoms with Gasteiger partial charge in [0.1, 0.15) is 0 Å². The van der Waals surface area contributed by atoms with Crippen LogP contribution in [0.15, 0.2) is 24.3 Å². The number of hydrogen-bond acceptors (Lipinski definition) is 2. The summed E-state index contributed by atoms with van der Waals surface area (Å²) in [5, 5.41) is 3.53. The molecule has 0 spiro atoms. The van der Waals surface area contributed by atoms with E-state index in [0.29, 0.717) is 12.1 Å². The molecule has 0 heterocycles. The second-order valence-corrected chi connectivity index (χ2v) is 5.27. The zero-order chi connectivity index (χ0) is 12.8. The van der Waals surface area contributed by atoms with Gasteiger partial charge in [0, 0.05) is 6.04 Å². The van der Waals surface area contributed by atoms with Crippen LogP contribution < -0.4 is 5.32 Å². The minimum atomic E-state index is 0.458. The molecule has 18 heavy (non-hydrogen) atoms. The lowest BCUT2D eigenvalue weighted by Crippen LogP contribution is -2.35. The summed E-state index contributed by atoms with van der Waals surface area (Å²) in [6, 6.07) is 9.21. The molecule has 0 bridgehead atoms. The first-order valence-electron chi connectivity index (χ1n) is 7.19. The van der Waals surface area contributed by atoms with E-state index in [2.05, 4.69) is 43.4 Å². The molecule has 0 aromatic heterocycles. The summed E-state index contributed by atoms with van der Waals surface area (Å²) in [5.41, 5.74) is 2.66. The standard InChI is InChI=1S/C16H25NO/c1-3-17-15-8-10-16(11-9-15)18-12-14-7-5-4-6-13(14)2/h4-7,15-17H,3,8-12H2,1-2H3. The number of nitrogens with one attached hydrogen (secondary N) is 1. The third-order valence-electron chi connectivity index (χ3n) is 3.90. The highest BCUT2D eigenvalue weighted by Gasteiger charge is 2.20. The van der Waals surface area contributed by atoms with Crippen LogP contribution >= 0.6 is 0 Å². The third-order valence-corrected chi connectivity index (χ3v) is 3.90. The Hall–Kier alpha value is -0.860. The van der Waals surface area contributed by atoms with Crippen LogP contribution in [0.2, 0.25) is 0 Å². The van der Waals surface area contributed by atoms with Gasteiger partial charge in [-0.3, -0.25) is 0 Å². The van der Waals surface area contributed by atoms with E-state index in [1.165, 1.54) is 36.8 Å². The summed E-state index contributed by atoms with van der Waals surface area (Å²) in [6.07, 6.45) is 5.37. The normalized spacial score (nSPS) is 24.1. The number of hydrogen-bond donors (Lipinski definition) is 1. The summed E-state index contributed by atoms with van der Waals surface area (Å²) < 4.78 is 6.05. The molecule has 0 saturated heterocycles. The highest BCUT2D eigenvalue weighted by Crippen LogP contribution is 2.22. The molecule has 2 rings (SSSR count). The summed E-state index contributed by atoms with van der Waals surface area (Å²) in [7, 11) is 0. The predicted octanol–water partition coefficient (Wildman–Crippen LogP) is 3.43. The second-order valence-electron chi connectivity index (χ2n) is 5.27. The van der Waals surface area contributed by atoms with E-state index in [4.69, 9.17) is 4.74 Å². The molecule has 1 aliphatic carbocycles. The van der Waals surface area contributed by atoms with Crippen LogP contribution in [0.1, 0.15) is 43.7 Å². The molecule has 0 radical (unpaired) electrons. The fourth-order valence-corrected chi connectivity index (χ4v) is 2.70. The quantitative estimate of drug-likeness (QED) is 0.860. The van der Waals surface area contributed by atoms with Crippen LogP contribution in [-0.4, -0.2) is 18.7 Å². The molecular weight excluding hydrogens is 222 g/mol. The van der Waals surface area contributed by atoms with Gasteiger partial charge in [0.25, 0.3) is 0 Å². The lowest BCUT2D eigenvalue weighted by molar-refractivity contribution is 0.0112. The maximum absolute atomic E-state index is 6.05. The van der Waals surface area contributed by atoms with E-state index in [1.807, 2.05) is 0 Å². The predicted molar refractivity (Wildman–Crippen MR) is 75.7 cm³/mol. The first-order valence-corrected chi connectivity index (χ1v) is 7.19. The van der Waals surface area contributed by atoms with Crippen molar-refractivity contribution in [3.8, 4) is 0 Å². The summed E-state index contributed by atoms with van der Waals surface area (Å²) in [5.74, 6) is 0. The van der Waals surface area contributed by atoms with Gasteiger partial charge in [0.05, 0.1) is 12.7 Å². The van der Waals surface area contributed by atoms with E-state index in [0.717, 1.165) is 13.2 Å². The van der Waals surface area contributed by atoms with Gasteiger partial charge in [-0.15, -0.1) is 0 Å². The van der Waals surface area contributed by atoms with Gasteiger partial charge in [-0.1, -0.05) is 31.2 Å². The molecule has 2 heteroatoms. The van der Waals surface area contributed by atoms with Gasteiger partial charge in [0.15, 0.2) is 0 Å². The van der Waals surface area contributed by atoms with E-state index >= 15 is 0 Å². The number of rotatable bonds is 5. The highest BCUT2D eigenvalue weighted by atomic mass is 16.5. The minimum absolute atomic E-state index is 0.458. The van der Waals surface area contributed by atoms with Crippen LogP contribution in [0.3, 0.4) is 0 Å². The van der Waals surface area contributed by atoms with Crippen LogP contribution in [0, 0.1) is 6.92 Å². The average Bonchev–Trinajstić information content (AvgIpc) is 2.40. The Kier molecular flexibility index (Phi) is 5.21. The Morgan fingerprint density at radius 3 is 2.56 bits per heavy atom. The molecule has 0 unspecified atom stereocenters. The zero-order valence-electron chi connectivity index (χ0n) is 11.6. The lowest BCUT2D eigenvalue weighted by atomic mass is 9.93. The first-order chi connectivity index (χ1) is 8.79. The molecule has 0 atom stereocenters. The van der Waals surface area contributed by atoms with Gasteiger partial charge in [-0.25, -0.2) is 0 Å². The lowest BCUT2D eigenvalue weighted by Gasteiger charge is -2.29. The highest BCUT2D eigenvalue weighted by molar-refractivity contribution is 5.24. The van der Waals surface area contributed by atoms with Gasteiger partial charge in [0.2, 0.25) is 0 Å². The molecule has 1 N–H and O–H groups in total. The Morgan fingerprint density at radius 1 is 1.17 bits per heavy atom. The molecule has 1 aromatic carbocycles. The van der Waals surface area contributed by atoms with Crippen molar-refractivity contribution in [2.75, 3.05) is 6.54 Å². The number of ether oxygens (including phenoxy) is 1. The van der Waals surface area contributed by atoms with Gasteiger partial charge in [-0.05, 0) is 50.3 Å². The zero-order valence-corrected chi connectivity index (χ0v) is 11.6. The Balaban J connectivity index is 1.74. The maximum Gasteiger partial charge on any atom is 0.0723 e. The fourth-order valence-electron chi connectivity index (χ4n) is 2.70. The fraction of sp³-hybridized carbons (Fsp3) is 0.625. The van der Waals surface area contributed by atoms with E-state index < -0.39 is 0 Å². The van der Waals surface area contributed by atoms with Crippen molar-refractivity contribution in [1.29, 1.82) is 0 Å². The van der Waals surface area contributed by atoms with Crippen LogP contribution in [-0.2, 0) is 11.3 Å². The van der Waals surface area contributed by atoms with E-state index in [9.17, 15) is 0 Å². The average molecular weight is 247 g/mol. The van der Waals surface area contributed by atoms with Crippen molar-refractivity contribution in [3.63, 3.8) is 0 Å².